The summed E-state index contributed by atoms with van der Waals surface area (Å²) < 4.78 is 10.5. The van der Waals surface area contributed by atoms with Crippen molar-refractivity contribution in [2.24, 2.45) is 5.10 Å². The molecule has 0 fully saturated rings. The van der Waals surface area contributed by atoms with Crippen molar-refractivity contribution >= 4 is 28.9 Å². The molecular formula is C20H21N3O4. The predicted molar refractivity (Wildman–Crippen MR) is 104 cm³/mol. The van der Waals surface area contributed by atoms with Crippen LogP contribution in [-0.4, -0.2) is 31.7 Å². The first-order chi connectivity index (χ1) is 13.0. The Bertz CT molecular complexity index is 891. The molecule has 140 valence electrons. The van der Waals surface area contributed by atoms with Crippen LogP contribution in [0.15, 0.2) is 47.6 Å². The molecule has 3 rings (SSSR count). The van der Waals surface area contributed by atoms with Crippen molar-refractivity contribution in [3.8, 4) is 11.5 Å². The van der Waals surface area contributed by atoms with E-state index in [2.05, 4.69) is 10.4 Å². The van der Waals surface area contributed by atoms with Crippen molar-refractivity contribution < 1.29 is 19.1 Å². The Labute approximate surface area is 157 Å². The Balaban J connectivity index is 1.83. The van der Waals surface area contributed by atoms with Crippen LogP contribution in [0.2, 0.25) is 0 Å². The molecule has 1 heterocycles. The van der Waals surface area contributed by atoms with E-state index in [9.17, 15) is 9.59 Å². The summed E-state index contributed by atoms with van der Waals surface area (Å²) in [5.74, 6) is 0.585. The number of aryl methyl sites for hydroxylation is 1. The number of nitrogens with one attached hydrogen (secondary N) is 1. The molecule has 0 aliphatic carbocycles. The summed E-state index contributed by atoms with van der Waals surface area (Å²) >= 11 is 0. The molecule has 0 spiro atoms. The molecule has 0 saturated carbocycles. The fourth-order valence-electron chi connectivity index (χ4n) is 2.70. The van der Waals surface area contributed by atoms with Gasteiger partial charge in [-0.15, -0.1) is 0 Å². The molecule has 0 aromatic heterocycles. The zero-order chi connectivity index (χ0) is 19.4. The number of hydrogen-bond donors (Lipinski definition) is 1. The SMILES string of the molecule is COc1ccc(NC(=O)C2=NN(c3ccc(C)cc3)C(=O)CC2)c(OC)c1. The number of amides is 2. The molecule has 0 atom stereocenters. The Hall–Kier alpha value is -3.35. The van der Waals surface area contributed by atoms with Crippen LogP contribution in [0.25, 0.3) is 0 Å². The monoisotopic (exact) mass is 367 g/mol. The number of nitrogens with zero attached hydrogens (tertiary/aromatic N) is 2. The average Bonchev–Trinajstić information content (AvgIpc) is 2.69. The molecule has 7 nitrogen and oxygen atoms in total. The lowest BCUT2D eigenvalue weighted by atomic mass is 10.1. The van der Waals surface area contributed by atoms with Gasteiger partial charge in [-0.2, -0.15) is 5.10 Å². The van der Waals surface area contributed by atoms with E-state index in [1.807, 2.05) is 31.2 Å². The number of carbonyl (C=O) groups is 2. The molecule has 0 radical (unpaired) electrons. The van der Waals surface area contributed by atoms with Crippen molar-refractivity contribution in [2.45, 2.75) is 19.8 Å². The van der Waals surface area contributed by atoms with Gasteiger partial charge in [0.2, 0.25) is 5.91 Å². The first-order valence-corrected chi connectivity index (χ1v) is 8.52. The molecule has 1 N–H and O–H groups in total. The quantitative estimate of drug-likeness (QED) is 0.880. The standard InChI is InChI=1S/C20H21N3O4/c1-13-4-6-14(7-5-13)23-19(24)11-10-17(22-23)20(25)21-16-9-8-15(26-2)12-18(16)27-3/h4-9,12H,10-11H2,1-3H3,(H,21,25). The van der Waals surface area contributed by atoms with E-state index in [4.69, 9.17) is 9.47 Å². The summed E-state index contributed by atoms with van der Waals surface area (Å²) in [5.41, 5.74) is 2.51. The summed E-state index contributed by atoms with van der Waals surface area (Å²) in [6.07, 6.45) is 0.505. The smallest absolute Gasteiger partial charge is 0.271 e. The lowest BCUT2D eigenvalue weighted by Gasteiger charge is -2.23. The maximum atomic E-state index is 12.7. The minimum absolute atomic E-state index is 0.141. The third kappa shape index (κ3) is 4.08. The highest BCUT2D eigenvalue weighted by molar-refractivity contribution is 6.44. The van der Waals surface area contributed by atoms with Gasteiger partial charge in [0.25, 0.3) is 5.91 Å². The highest BCUT2D eigenvalue weighted by atomic mass is 16.5. The zero-order valence-electron chi connectivity index (χ0n) is 15.5. The van der Waals surface area contributed by atoms with E-state index >= 15 is 0 Å². The first kappa shape index (κ1) is 18.4. The Kier molecular flexibility index (Phi) is 5.40. The number of anilines is 2. The van der Waals surface area contributed by atoms with Gasteiger partial charge < -0.3 is 14.8 Å². The fourth-order valence-corrected chi connectivity index (χ4v) is 2.70. The molecule has 27 heavy (non-hydrogen) atoms. The van der Waals surface area contributed by atoms with Gasteiger partial charge in [0.1, 0.15) is 17.2 Å². The molecule has 2 aromatic carbocycles. The van der Waals surface area contributed by atoms with E-state index < -0.39 is 0 Å². The first-order valence-electron chi connectivity index (χ1n) is 8.52. The van der Waals surface area contributed by atoms with Crippen molar-refractivity contribution in [1.82, 2.24) is 0 Å². The van der Waals surface area contributed by atoms with Gasteiger partial charge in [0.15, 0.2) is 0 Å². The third-order valence-electron chi connectivity index (χ3n) is 4.23. The highest BCUT2D eigenvalue weighted by Gasteiger charge is 2.26. The van der Waals surface area contributed by atoms with Gasteiger partial charge in [-0.3, -0.25) is 9.59 Å². The Morgan fingerprint density at radius 1 is 1.07 bits per heavy atom. The second kappa shape index (κ2) is 7.90. The number of rotatable bonds is 5. The summed E-state index contributed by atoms with van der Waals surface area (Å²) in [7, 11) is 3.07. The van der Waals surface area contributed by atoms with Gasteiger partial charge in [-0.05, 0) is 31.2 Å². The lowest BCUT2D eigenvalue weighted by molar-refractivity contribution is -0.118. The minimum Gasteiger partial charge on any atom is -0.497 e. The van der Waals surface area contributed by atoms with E-state index in [1.165, 1.54) is 12.1 Å². The molecule has 2 aromatic rings. The maximum absolute atomic E-state index is 12.7. The summed E-state index contributed by atoms with van der Waals surface area (Å²) in [6, 6.07) is 12.5. The molecule has 0 bridgehead atoms. The van der Waals surface area contributed by atoms with Crippen LogP contribution in [-0.2, 0) is 9.59 Å². The van der Waals surface area contributed by atoms with Crippen LogP contribution in [0.1, 0.15) is 18.4 Å². The number of hydrazone groups is 1. The van der Waals surface area contributed by atoms with E-state index in [1.54, 1.807) is 25.3 Å². The molecule has 1 aliphatic rings. The highest BCUT2D eigenvalue weighted by Crippen LogP contribution is 2.29. The maximum Gasteiger partial charge on any atom is 0.271 e. The van der Waals surface area contributed by atoms with Crippen molar-refractivity contribution in [1.29, 1.82) is 0 Å². The van der Waals surface area contributed by atoms with Gasteiger partial charge in [0.05, 0.1) is 25.6 Å². The summed E-state index contributed by atoms with van der Waals surface area (Å²) in [6.45, 7) is 1.96. The Morgan fingerprint density at radius 3 is 2.48 bits per heavy atom. The van der Waals surface area contributed by atoms with Crippen LogP contribution in [0.3, 0.4) is 0 Å². The van der Waals surface area contributed by atoms with E-state index in [-0.39, 0.29) is 30.4 Å². The number of hydrogen-bond acceptors (Lipinski definition) is 5. The molecule has 2 amide bonds. The van der Waals surface area contributed by atoms with Gasteiger partial charge in [0, 0.05) is 18.9 Å². The van der Waals surface area contributed by atoms with Crippen molar-refractivity contribution in [3.63, 3.8) is 0 Å². The third-order valence-corrected chi connectivity index (χ3v) is 4.23. The molecule has 7 heteroatoms. The van der Waals surface area contributed by atoms with Crippen LogP contribution in [0.5, 0.6) is 11.5 Å². The van der Waals surface area contributed by atoms with Crippen LogP contribution >= 0.6 is 0 Å². The fraction of sp³-hybridized carbons (Fsp3) is 0.250. The largest absolute Gasteiger partial charge is 0.497 e. The second-order valence-corrected chi connectivity index (χ2v) is 6.11. The minimum atomic E-state index is -0.372. The second-order valence-electron chi connectivity index (χ2n) is 6.11. The zero-order valence-corrected chi connectivity index (χ0v) is 15.5. The van der Waals surface area contributed by atoms with E-state index in [0.717, 1.165) is 5.56 Å². The average molecular weight is 367 g/mol. The van der Waals surface area contributed by atoms with Crippen LogP contribution < -0.4 is 19.8 Å². The van der Waals surface area contributed by atoms with Gasteiger partial charge in [-0.1, -0.05) is 17.7 Å². The number of benzene rings is 2. The van der Waals surface area contributed by atoms with Crippen molar-refractivity contribution in [2.75, 3.05) is 24.5 Å². The van der Waals surface area contributed by atoms with Crippen LogP contribution in [0.4, 0.5) is 11.4 Å². The molecule has 1 aliphatic heterocycles. The number of methoxy groups -OCH3 is 2. The van der Waals surface area contributed by atoms with Gasteiger partial charge in [-0.25, -0.2) is 5.01 Å². The van der Waals surface area contributed by atoms with Gasteiger partial charge >= 0.3 is 0 Å². The topological polar surface area (TPSA) is 80.2 Å². The number of ether oxygens (including phenoxy) is 2. The predicted octanol–water partition coefficient (Wildman–Crippen LogP) is 3.13. The summed E-state index contributed by atoms with van der Waals surface area (Å²) in [4.78, 5) is 24.9. The number of carbonyl (C=O) groups excluding carboxylic acids is 2. The normalized spacial score (nSPS) is 13.8. The van der Waals surface area contributed by atoms with E-state index in [0.29, 0.717) is 22.9 Å². The van der Waals surface area contributed by atoms with Crippen molar-refractivity contribution in [3.05, 3.63) is 48.0 Å². The lowest BCUT2D eigenvalue weighted by Crippen LogP contribution is -2.36. The summed E-state index contributed by atoms with van der Waals surface area (Å²) in [5, 5.41) is 8.34. The molecule has 0 unspecified atom stereocenters. The molecular weight excluding hydrogens is 346 g/mol. The Morgan fingerprint density at radius 2 is 1.81 bits per heavy atom. The molecule has 0 saturated heterocycles. The van der Waals surface area contributed by atoms with Crippen LogP contribution in [0, 0.1) is 6.92 Å².